The van der Waals surface area contributed by atoms with Crippen LogP contribution in [0.15, 0.2) is 22.7 Å². The number of rotatable bonds is 4. The molecule has 6 heteroatoms. The van der Waals surface area contributed by atoms with Crippen LogP contribution in [0.3, 0.4) is 0 Å². The van der Waals surface area contributed by atoms with E-state index in [0.717, 1.165) is 10.0 Å². The summed E-state index contributed by atoms with van der Waals surface area (Å²) < 4.78 is 37.1. The first-order valence-electron chi connectivity index (χ1n) is 5.02. The van der Waals surface area contributed by atoms with Gasteiger partial charge in [0.2, 0.25) is 0 Å². The number of halogens is 5. The lowest BCUT2D eigenvalue weighted by atomic mass is 10.2. The Bertz CT molecular complexity index is 381. The molecule has 0 spiro atoms. The van der Waals surface area contributed by atoms with Crippen LogP contribution in [0.2, 0.25) is 5.02 Å². The van der Waals surface area contributed by atoms with E-state index < -0.39 is 18.6 Å². The minimum atomic E-state index is -4.14. The van der Waals surface area contributed by atoms with Gasteiger partial charge in [-0.3, -0.25) is 0 Å². The van der Waals surface area contributed by atoms with Gasteiger partial charge in [0, 0.05) is 22.1 Å². The summed E-state index contributed by atoms with van der Waals surface area (Å²) in [6.45, 7) is 1.82. The molecule has 0 aliphatic heterocycles. The number of hydrogen-bond donors (Lipinski definition) is 1. The van der Waals surface area contributed by atoms with Crippen LogP contribution in [-0.4, -0.2) is 12.2 Å². The third-order valence-electron chi connectivity index (χ3n) is 2.19. The molecule has 17 heavy (non-hydrogen) atoms. The normalized spacial score (nSPS) is 13.8. The van der Waals surface area contributed by atoms with Gasteiger partial charge in [0.15, 0.2) is 0 Å². The summed E-state index contributed by atoms with van der Waals surface area (Å²) >= 11 is 9.22. The van der Waals surface area contributed by atoms with Crippen molar-refractivity contribution < 1.29 is 13.2 Å². The van der Waals surface area contributed by atoms with Gasteiger partial charge in [-0.05, 0) is 24.6 Å². The van der Waals surface area contributed by atoms with Crippen LogP contribution in [0.25, 0.3) is 0 Å². The van der Waals surface area contributed by atoms with Crippen LogP contribution in [0.5, 0.6) is 0 Å². The maximum Gasteiger partial charge on any atom is 0.390 e. The first kappa shape index (κ1) is 14.8. The van der Waals surface area contributed by atoms with Crippen molar-refractivity contribution in [3.63, 3.8) is 0 Å². The molecule has 1 rings (SSSR count). The quantitative estimate of drug-likeness (QED) is 0.855. The average Bonchev–Trinajstić information content (AvgIpc) is 2.13. The summed E-state index contributed by atoms with van der Waals surface area (Å²) in [5.74, 6) is 0. The van der Waals surface area contributed by atoms with Crippen LogP contribution in [-0.2, 0) is 6.54 Å². The number of hydrogen-bond acceptors (Lipinski definition) is 1. The fourth-order valence-electron chi connectivity index (χ4n) is 1.37. The van der Waals surface area contributed by atoms with Crippen LogP contribution >= 0.6 is 27.5 Å². The molecule has 1 aromatic rings. The molecule has 1 N–H and O–H groups in total. The van der Waals surface area contributed by atoms with Crippen molar-refractivity contribution in [2.45, 2.75) is 32.1 Å². The van der Waals surface area contributed by atoms with Crippen molar-refractivity contribution in [1.29, 1.82) is 0 Å². The van der Waals surface area contributed by atoms with E-state index in [4.69, 9.17) is 11.6 Å². The molecule has 0 amide bonds. The molecule has 0 radical (unpaired) electrons. The van der Waals surface area contributed by atoms with E-state index in [-0.39, 0.29) is 0 Å². The molecular formula is C11H12BrClF3N. The minimum Gasteiger partial charge on any atom is -0.310 e. The van der Waals surface area contributed by atoms with Crippen molar-refractivity contribution in [1.82, 2.24) is 5.32 Å². The Morgan fingerprint density at radius 1 is 1.41 bits per heavy atom. The first-order valence-corrected chi connectivity index (χ1v) is 6.19. The van der Waals surface area contributed by atoms with Crippen molar-refractivity contribution >= 4 is 27.5 Å². The van der Waals surface area contributed by atoms with Gasteiger partial charge >= 0.3 is 6.18 Å². The zero-order chi connectivity index (χ0) is 13.1. The summed E-state index contributed by atoms with van der Waals surface area (Å²) in [6, 6.07) is 4.67. The molecule has 0 aromatic heterocycles. The number of benzene rings is 1. The van der Waals surface area contributed by atoms with Crippen molar-refractivity contribution in [2.75, 3.05) is 0 Å². The average molecular weight is 331 g/mol. The van der Waals surface area contributed by atoms with E-state index in [1.54, 1.807) is 18.2 Å². The fraction of sp³-hybridized carbons (Fsp3) is 0.455. The Morgan fingerprint density at radius 2 is 2.06 bits per heavy atom. The predicted octanol–water partition coefficient (Wildman–Crippen LogP) is 4.53. The Morgan fingerprint density at radius 3 is 2.59 bits per heavy atom. The summed E-state index contributed by atoms with van der Waals surface area (Å²) in [5.41, 5.74) is 0.781. The van der Waals surface area contributed by atoms with Crippen molar-refractivity contribution in [2.24, 2.45) is 0 Å². The maximum atomic E-state index is 12.1. The van der Waals surface area contributed by atoms with E-state index in [1.165, 1.54) is 6.92 Å². The van der Waals surface area contributed by atoms with Crippen LogP contribution < -0.4 is 5.32 Å². The highest BCUT2D eigenvalue weighted by molar-refractivity contribution is 9.10. The third-order valence-corrected chi connectivity index (χ3v) is 3.04. The molecule has 96 valence electrons. The topological polar surface area (TPSA) is 12.0 Å². The number of nitrogens with one attached hydrogen (secondary N) is 1. The Hall–Kier alpha value is -0.260. The van der Waals surface area contributed by atoms with Gasteiger partial charge in [0.1, 0.15) is 0 Å². The minimum absolute atomic E-state index is 0.323. The molecule has 0 saturated heterocycles. The van der Waals surface area contributed by atoms with Gasteiger partial charge < -0.3 is 5.32 Å². The van der Waals surface area contributed by atoms with Gasteiger partial charge in [0.05, 0.1) is 6.42 Å². The summed E-state index contributed by atoms with van der Waals surface area (Å²) in [6.07, 6.45) is -4.99. The van der Waals surface area contributed by atoms with Gasteiger partial charge in [-0.15, -0.1) is 0 Å². The summed E-state index contributed by atoms with van der Waals surface area (Å²) in [4.78, 5) is 0. The molecule has 0 fully saturated rings. The second kappa shape index (κ2) is 6.07. The van der Waals surface area contributed by atoms with Crippen LogP contribution in [0.4, 0.5) is 13.2 Å². The van der Waals surface area contributed by atoms with E-state index >= 15 is 0 Å². The zero-order valence-corrected chi connectivity index (χ0v) is 11.5. The van der Waals surface area contributed by atoms with Crippen LogP contribution in [0.1, 0.15) is 18.9 Å². The van der Waals surface area contributed by atoms with Crippen molar-refractivity contribution in [3.05, 3.63) is 33.3 Å². The highest BCUT2D eigenvalue weighted by atomic mass is 79.9. The molecule has 1 unspecified atom stereocenters. The maximum absolute atomic E-state index is 12.1. The van der Waals surface area contributed by atoms with E-state index in [9.17, 15) is 13.2 Å². The monoisotopic (exact) mass is 329 g/mol. The second-order valence-corrected chi connectivity index (χ2v) is 5.16. The highest BCUT2D eigenvalue weighted by Gasteiger charge is 2.29. The molecular weight excluding hydrogens is 318 g/mol. The summed E-state index contributed by atoms with van der Waals surface area (Å²) in [5, 5.41) is 3.33. The van der Waals surface area contributed by atoms with Gasteiger partial charge in [-0.25, -0.2) is 0 Å². The van der Waals surface area contributed by atoms with Gasteiger partial charge in [0.25, 0.3) is 0 Å². The molecule has 0 bridgehead atoms. The highest BCUT2D eigenvalue weighted by Crippen LogP contribution is 2.23. The van der Waals surface area contributed by atoms with Gasteiger partial charge in [-0.2, -0.15) is 13.2 Å². The largest absolute Gasteiger partial charge is 0.390 e. The molecule has 0 aliphatic carbocycles. The molecule has 1 nitrogen and oxygen atoms in total. The van der Waals surface area contributed by atoms with E-state index in [2.05, 4.69) is 21.2 Å². The third kappa shape index (κ3) is 5.75. The Kier molecular flexibility index (Phi) is 5.28. The molecule has 0 heterocycles. The second-order valence-electron chi connectivity index (χ2n) is 3.84. The predicted molar refractivity (Wildman–Crippen MR) is 66.1 cm³/mol. The standard InChI is InChI=1S/C11H12BrClF3N/c1-7(5-11(14,15)16)17-6-8-2-3-9(12)4-10(8)13/h2-4,7,17H,5-6H2,1H3. The number of alkyl halides is 3. The smallest absolute Gasteiger partial charge is 0.310 e. The lowest BCUT2D eigenvalue weighted by molar-refractivity contribution is -0.139. The molecule has 0 aliphatic rings. The molecule has 1 atom stereocenters. The molecule has 0 saturated carbocycles. The zero-order valence-electron chi connectivity index (χ0n) is 9.11. The fourth-order valence-corrected chi connectivity index (χ4v) is 2.11. The Labute approximate surface area is 111 Å². The lowest BCUT2D eigenvalue weighted by Crippen LogP contribution is -2.30. The SMILES string of the molecule is CC(CC(F)(F)F)NCc1ccc(Br)cc1Cl. The summed E-state index contributed by atoms with van der Waals surface area (Å²) in [7, 11) is 0. The Balaban J connectivity index is 2.50. The van der Waals surface area contributed by atoms with E-state index in [1.807, 2.05) is 0 Å². The lowest BCUT2D eigenvalue weighted by Gasteiger charge is -2.16. The van der Waals surface area contributed by atoms with Crippen molar-refractivity contribution in [3.8, 4) is 0 Å². The van der Waals surface area contributed by atoms with Gasteiger partial charge in [-0.1, -0.05) is 33.6 Å². The molecule has 1 aromatic carbocycles. The first-order chi connectivity index (χ1) is 7.78. The van der Waals surface area contributed by atoms with E-state index in [0.29, 0.717) is 11.6 Å². The van der Waals surface area contributed by atoms with Crippen LogP contribution in [0, 0.1) is 0 Å².